The lowest BCUT2D eigenvalue weighted by Crippen LogP contribution is -2.75. The molecular weight excluding hydrogens is 478 g/mol. The summed E-state index contributed by atoms with van der Waals surface area (Å²) in [4.78, 5) is 29.0. The Morgan fingerprint density at radius 1 is 1.09 bits per heavy atom. The largest absolute Gasteiger partial charge is 0.491 e. The molecule has 3 heterocycles. The Morgan fingerprint density at radius 2 is 1.69 bits per heavy atom. The van der Waals surface area contributed by atoms with Crippen LogP contribution >= 0.6 is 35.1 Å². The summed E-state index contributed by atoms with van der Waals surface area (Å²) in [6, 6.07) is 1.50. The van der Waals surface area contributed by atoms with E-state index in [-0.39, 0.29) is 22.1 Å². The molecule has 0 aliphatic carbocycles. The summed E-state index contributed by atoms with van der Waals surface area (Å²) in [5.41, 5.74) is -1.32. The number of likely N-dealkylation sites (N-methyl/N-ethyl adjacent to an activating group) is 2. The van der Waals surface area contributed by atoms with E-state index in [1.165, 1.54) is 41.8 Å². The third kappa shape index (κ3) is 2.31. The highest BCUT2D eigenvalue weighted by atomic mass is 35.5. The van der Waals surface area contributed by atoms with Crippen LogP contribution in [0.4, 0.5) is 5.69 Å². The predicted octanol–water partition coefficient (Wildman–Crippen LogP) is 1.13. The number of nitrogens with zero attached hydrogens (tertiary/aromatic N) is 3. The molecule has 0 spiro atoms. The molecule has 12 heteroatoms. The minimum atomic E-state index is -2.01. The Labute approximate surface area is 199 Å². The Morgan fingerprint density at radius 3 is 2.19 bits per heavy atom. The molecule has 176 valence electrons. The van der Waals surface area contributed by atoms with Crippen molar-refractivity contribution in [2.45, 2.75) is 34.5 Å². The number of amides is 2. The Bertz CT molecular complexity index is 1030. The van der Waals surface area contributed by atoms with Gasteiger partial charge in [0.1, 0.15) is 12.3 Å². The average Bonchev–Trinajstić information content (AvgIpc) is 3.13. The molecule has 9 nitrogen and oxygen atoms in total. The summed E-state index contributed by atoms with van der Waals surface area (Å²) in [6.45, 7) is 1.66. The Hall–Kier alpha value is -1.53. The number of anilines is 1. The van der Waals surface area contributed by atoms with Gasteiger partial charge >= 0.3 is 0 Å². The zero-order valence-electron chi connectivity index (χ0n) is 18.8. The second kappa shape index (κ2) is 7.23. The summed E-state index contributed by atoms with van der Waals surface area (Å²) >= 11 is 8.68. The highest BCUT2D eigenvalue weighted by molar-refractivity contribution is 8.01. The van der Waals surface area contributed by atoms with Gasteiger partial charge in [0.15, 0.2) is 26.8 Å². The van der Waals surface area contributed by atoms with Crippen LogP contribution in [0, 0.1) is 0 Å². The minimum absolute atomic E-state index is 0.171. The first-order valence-corrected chi connectivity index (χ1v) is 12.6. The summed E-state index contributed by atoms with van der Waals surface area (Å²) < 4.78 is 11.0. The van der Waals surface area contributed by atoms with E-state index in [9.17, 15) is 19.8 Å². The van der Waals surface area contributed by atoms with Crippen molar-refractivity contribution in [1.29, 1.82) is 0 Å². The number of fused-ring (bicyclic) bond motifs is 5. The first-order chi connectivity index (χ1) is 14.9. The number of aliphatic hydroxyl groups excluding tert-OH is 1. The summed E-state index contributed by atoms with van der Waals surface area (Å²) in [5.74, 6) is -0.317. The van der Waals surface area contributed by atoms with Crippen LogP contribution in [-0.4, -0.2) is 94.7 Å². The maximum Gasteiger partial charge on any atom is 0.263 e. The summed E-state index contributed by atoms with van der Waals surface area (Å²) in [7, 11) is 6.10. The zero-order valence-corrected chi connectivity index (χ0v) is 21.2. The van der Waals surface area contributed by atoms with Gasteiger partial charge in [0.05, 0.1) is 24.9 Å². The minimum Gasteiger partial charge on any atom is -0.491 e. The number of aliphatic hydroxyl groups is 2. The molecule has 2 N–H and O–H groups in total. The average molecular weight is 504 g/mol. The van der Waals surface area contributed by atoms with E-state index in [0.29, 0.717) is 5.69 Å². The lowest BCUT2D eigenvalue weighted by Gasteiger charge is -2.53. The van der Waals surface area contributed by atoms with Crippen LogP contribution in [0.1, 0.15) is 12.5 Å². The third-order valence-electron chi connectivity index (χ3n) is 7.08. The van der Waals surface area contributed by atoms with Gasteiger partial charge in [-0.1, -0.05) is 11.6 Å². The molecule has 1 aromatic rings. The van der Waals surface area contributed by atoms with Crippen LogP contribution in [-0.2, 0) is 15.2 Å². The number of carbonyl (C=O) groups is 2. The number of ether oxygens (including phenoxy) is 2. The van der Waals surface area contributed by atoms with Crippen LogP contribution in [0.15, 0.2) is 6.07 Å². The van der Waals surface area contributed by atoms with Gasteiger partial charge in [-0.3, -0.25) is 14.5 Å². The number of piperazine rings is 1. The molecule has 0 bridgehead atoms. The van der Waals surface area contributed by atoms with E-state index in [4.69, 9.17) is 21.1 Å². The van der Waals surface area contributed by atoms with Crippen molar-refractivity contribution in [2.24, 2.45) is 0 Å². The quantitative estimate of drug-likeness (QED) is 0.626. The molecule has 0 unspecified atom stereocenters. The SMILES string of the molecule is COc1c(Cl)cc2c(c1OC)N(C)[C@@H]1N3C(=O)[C@@](C)(SC)N(C)C(=O)[C@]3(SC)[C@H](O)[C@]21O. The molecule has 4 rings (SSSR count). The Kier molecular flexibility index (Phi) is 5.34. The molecule has 1 aromatic carbocycles. The van der Waals surface area contributed by atoms with Crippen molar-refractivity contribution in [3.63, 3.8) is 0 Å². The number of hydrogen-bond acceptors (Lipinski definition) is 9. The molecule has 5 atom stereocenters. The van der Waals surface area contributed by atoms with Crippen LogP contribution in [0.5, 0.6) is 11.5 Å². The topological polar surface area (TPSA) is 103 Å². The highest BCUT2D eigenvalue weighted by Gasteiger charge is 2.79. The van der Waals surface area contributed by atoms with E-state index in [1.54, 1.807) is 38.4 Å². The van der Waals surface area contributed by atoms with E-state index >= 15 is 0 Å². The van der Waals surface area contributed by atoms with Crippen molar-refractivity contribution in [3.05, 3.63) is 16.7 Å². The number of benzene rings is 1. The number of carbonyl (C=O) groups excluding carboxylic acids is 2. The molecule has 0 saturated carbocycles. The van der Waals surface area contributed by atoms with E-state index in [2.05, 4.69) is 0 Å². The second-order valence-corrected chi connectivity index (χ2v) is 10.8. The fraction of sp³-hybridized carbons (Fsp3) is 0.600. The van der Waals surface area contributed by atoms with Crippen LogP contribution < -0.4 is 14.4 Å². The zero-order chi connectivity index (χ0) is 24.0. The molecule has 2 saturated heterocycles. The smallest absolute Gasteiger partial charge is 0.263 e. The highest BCUT2D eigenvalue weighted by Crippen LogP contribution is 2.64. The summed E-state index contributed by atoms with van der Waals surface area (Å²) in [5, 5.41) is 23.9. The molecule has 2 fully saturated rings. The number of methoxy groups -OCH3 is 2. The van der Waals surface area contributed by atoms with Crippen molar-refractivity contribution >= 4 is 52.6 Å². The van der Waals surface area contributed by atoms with E-state index in [1.807, 2.05) is 0 Å². The van der Waals surface area contributed by atoms with E-state index < -0.39 is 39.4 Å². The maximum atomic E-state index is 13.9. The number of halogens is 1. The monoisotopic (exact) mass is 503 g/mol. The fourth-order valence-electron chi connectivity index (χ4n) is 5.27. The van der Waals surface area contributed by atoms with Crippen LogP contribution in [0.25, 0.3) is 0 Å². The molecule has 0 radical (unpaired) electrons. The molecule has 0 aromatic heterocycles. The van der Waals surface area contributed by atoms with Crippen molar-refractivity contribution in [2.75, 3.05) is 45.7 Å². The molecule has 32 heavy (non-hydrogen) atoms. The molecule has 3 aliphatic heterocycles. The van der Waals surface area contributed by atoms with E-state index in [0.717, 1.165) is 11.8 Å². The second-order valence-electron chi connectivity index (χ2n) is 8.16. The molecule has 3 aliphatic rings. The van der Waals surface area contributed by atoms with Gasteiger partial charge in [-0.05, 0) is 25.5 Å². The first kappa shape index (κ1) is 23.6. The van der Waals surface area contributed by atoms with Gasteiger partial charge in [0.2, 0.25) is 0 Å². The van der Waals surface area contributed by atoms with Gasteiger partial charge in [-0.2, -0.15) is 0 Å². The van der Waals surface area contributed by atoms with Crippen molar-refractivity contribution < 1.29 is 29.3 Å². The standard InChI is InChI=1S/C20H26ClN3O6S2/c1-18(31-6)16(26)24-15-19(28,14(25)20(24,32-7)17(27)23(18)3)9-8-10(21)12(29-4)13(30-5)11(9)22(15)2/h8,14-15,25,28H,1-7H3/t14-,15-,18-,19-,20-/m1/s1. The van der Waals surface area contributed by atoms with Crippen molar-refractivity contribution in [1.82, 2.24) is 9.80 Å². The van der Waals surface area contributed by atoms with Crippen LogP contribution in [0.3, 0.4) is 0 Å². The lowest BCUT2D eigenvalue weighted by molar-refractivity contribution is -0.166. The maximum absolute atomic E-state index is 13.9. The third-order valence-corrected chi connectivity index (χ3v) is 9.82. The van der Waals surface area contributed by atoms with Crippen LogP contribution in [0.2, 0.25) is 5.02 Å². The number of hydrogen-bond donors (Lipinski definition) is 2. The summed E-state index contributed by atoms with van der Waals surface area (Å²) in [6.07, 6.45) is 0.670. The fourth-order valence-corrected chi connectivity index (χ4v) is 7.26. The van der Waals surface area contributed by atoms with Gasteiger partial charge in [-0.25, -0.2) is 0 Å². The predicted molar refractivity (Wildman–Crippen MR) is 124 cm³/mol. The van der Waals surface area contributed by atoms with Gasteiger partial charge < -0.3 is 29.5 Å². The first-order valence-electron chi connectivity index (χ1n) is 9.75. The van der Waals surface area contributed by atoms with Gasteiger partial charge in [0, 0.05) is 19.7 Å². The number of rotatable bonds is 4. The van der Waals surface area contributed by atoms with Crippen molar-refractivity contribution in [3.8, 4) is 11.5 Å². The normalized spacial score (nSPS) is 35.8. The lowest BCUT2D eigenvalue weighted by atomic mass is 9.87. The molecular formula is C20H26ClN3O6S2. The van der Waals surface area contributed by atoms with Gasteiger partial charge in [-0.15, -0.1) is 23.5 Å². The Balaban J connectivity index is 2.05. The van der Waals surface area contributed by atoms with Gasteiger partial charge in [0.25, 0.3) is 11.8 Å². The number of thioether (sulfide) groups is 2. The molecule has 2 amide bonds.